The molecule has 0 amide bonds. The Morgan fingerprint density at radius 1 is 1.91 bits per heavy atom. The molecular formula is C6H6BrNO2S. The van der Waals surface area contributed by atoms with Crippen molar-refractivity contribution in [3.05, 3.63) is 16.6 Å². The van der Waals surface area contributed by atoms with E-state index >= 15 is 0 Å². The summed E-state index contributed by atoms with van der Waals surface area (Å²) in [6, 6.07) is 0. The van der Waals surface area contributed by atoms with E-state index in [1.54, 1.807) is 11.7 Å². The summed E-state index contributed by atoms with van der Waals surface area (Å²) in [5.41, 5.74) is 1.74. The average molecular weight is 236 g/mol. The first-order valence-corrected chi connectivity index (χ1v) is 4.72. The first-order valence-electron chi connectivity index (χ1n) is 2.92. The van der Waals surface area contributed by atoms with Crippen molar-refractivity contribution < 1.29 is 9.53 Å². The first kappa shape index (κ1) is 8.67. The third-order valence-electron chi connectivity index (χ3n) is 1.07. The minimum atomic E-state index is 0.0696. The van der Waals surface area contributed by atoms with Crippen LogP contribution in [0.1, 0.15) is 9.70 Å². The zero-order valence-electron chi connectivity index (χ0n) is 5.57. The quantitative estimate of drug-likeness (QED) is 0.590. The minimum Gasteiger partial charge on any atom is -0.466 e. The van der Waals surface area contributed by atoms with Gasteiger partial charge in [-0.3, -0.25) is 9.78 Å². The molecule has 1 aromatic rings. The molecule has 3 nitrogen and oxygen atoms in total. The molecule has 0 aliphatic carbocycles. The molecule has 1 unspecified atom stereocenters. The molecule has 1 heterocycles. The summed E-state index contributed by atoms with van der Waals surface area (Å²) >= 11 is 4.88. The maximum atomic E-state index is 9.82. The molecule has 1 rings (SSSR count). The number of hydrogen-bond donors (Lipinski definition) is 0. The Bertz CT molecular complexity index is 214. The Labute approximate surface area is 76.5 Å². The molecule has 0 spiro atoms. The van der Waals surface area contributed by atoms with E-state index in [4.69, 9.17) is 0 Å². The highest BCUT2D eigenvalue weighted by atomic mass is 79.9. The Morgan fingerprint density at radius 2 is 2.73 bits per heavy atom. The molecule has 5 heteroatoms. The van der Waals surface area contributed by atoms with Gasteiger partial charge in [0.1, 0.15) is 6.61 Å². The number of nitrogens with zero attached hydrogens (tertiary/aromatic N) is 1. The molecule has 0 aliphatic heterocycles. The van der Waals surface area contributed by atoms with Gasteiger partial charge in [-0.1, -0.05) is 15.9 Å². The summed E-state index contributed by atoms with van der Waals surface area (Å²) in [6.07, 6.45) is 1.75. The molecule has 0 saturated heterocycles. The van der Waals surface area contributed by atoms with Crippen LogP contribution in [0, 0.1) is 0 Å². The van der Waals surface area contributed by atoms with Gasteiger partial charge in [-0.05, 0) is 0 Å². The van der Waals surface area contributed by atoms with Gasteiger partial charge in [-0.25, -0.2) is 0 Å². The number of carbonyl (C=O) groups is 1. The number of carbonyl (C=O) groups excluding carboxylic acids is 1. The van der Waals surface area contributed by atoms with Crippen LogP contribution >= 0.6 is 27.3 Å². The van der Waals surface area contributed by atoms with E-state index in [2.05, 4.69) is 25.7 Å². The summed E-state index contributed by atoms with van der Waals surface area (Å²) in [7, 11) is 0. The molecular weight excluding hydrogens is 230 g/mol. The largest absolute Gasteiger partial charge is 0.466 e. The van der Waals surface area contributed by atoms with Crippen LogP contribution in [0.4, 0.5) is 0 Å². The molecule has 0 radical (unpaired) electrons. The fourth-order valence-corrected chi connectivity index (χ4v) is 1.76. The van der Waals surface area contributed by atoms with Gasteiger partial charge in [0.2, 0.25) is 0 Å². The van der Waals surface area contributed by atoms with Gasteiger partial charge in [0.15, 0.2) is 0 Å². The van der Waals surface area contributed by atoms with E-state index in [0.29, 0.717) is 13.1 Å². The van der Waals surface area contributed by atoms with Crippen molar-refractivity contribution in [3.8, 4) is 0 Å². The van der Waals surface area contributed by atoms with Crippen LogP contribution in [0.3, 0.4) is 0 Å². The third kappa shape index (κ3) is 2.59. The van der Waals surface area contributed by atoms with Crippen LogP contribution in [0.2, 0.25) is 0 Å². The number of rotatable bonds is 4. The van der Waals surface area contributed by atoms with Gasteiger partial charge >= 0.3 is 0 Å². The van der Waals surface area contributed by atoms with Crippen molar-refractivity contribution >= 4 is 33.7 Å². The predicted octanol–water partition coefficient (Wildman–Crippen LogP) is 1.75. The molecule has 0 aromatic carbocycles. The fourth-order valence-electron chi connectivity index (χ4n) is 0.586. The van der Waals surface area contributed by atoms with Crippen LogP contribution in [-0.4, -0.2) is 18.1 Å². The topological polar surface area (TPSA) is 39.2 Å². The number of thiazole rings is 1. The summed E-state index contributed by atoms with van der Waals surface area (Å²) < 4.78 is 4.57. The SMILES string of the molecule is O=COCC(Br)c1cncs1. The molecule has 60 valence electrons. The van der Waals surface area contributed by atoms with E-state index < -0.39 is 0 Å². The lowest BCUT2D eigenvalue weighted by Gasteiger charge is -2.03. The van der Waals surface area contributed by atoms with Crippen LogP contribution in [0.5, 0.6) is 0 Å². The summed E-state index contributed by atoms with van der Waals surface area (Å²) in [5.74, 6) is 0. The molecule has 0 aliphatic rings. The Hall–Kier alpha value is -0.420. The normalized spacial score (nSPS) is 12.5. The van der Waals surface area contributed by atoms with E-state index in [-0.39, 0.29) is 4.83 Å². The van der Waals surface area contributed by atoms with Crippen molar-refractivity contribution in [2.45, 2.75) is 4.83 Å². The second-order valence-corrected chi connectivity index (χ2v) is 3.82. The molecule has 0 fully saturated rings. The van der Waals surface area contributed by atoms with Crippen molar-refractivity contribution in [1.82, 2.24) is 4.98 Å². The van der Waals surface area contributed by atoms with Crippen LogP contribution in [0.15, 0.2) is 11.7 Å². The molecule has 11 heavy (non-hydrogen) atoms. The van der Waals surface area contributed by atoms with E-state index in [1.807, 2.05) is 0 Å². The van der Waals surface area contributed by atoms with E-state index in [9.17, 15) is 4.79 Å². The third-order valence-corrected chi connectivity index (χ3v) is 3.02. The standard InChI is InChI=1S/C6H6BrNO2S/c7-5(2-10-4-9)6-1-8-3-11-6/h1,3-5H,2H2. The van der Waals surface area contributed by atoms with Crippen molar-refractivity contribution in [2.75, 3.05) is 6.61 Å². The summed E-state index contributed by atoms with van der Waals surface area (Å²) in [6.45, 7) is 0.793. The average Bonchev–Trinajstić information content (AvgIpc) is 2.52. The second-order valence-electron chi connectivity index (χ2n) is 1.80. The Kier molecular flexibility index (Phi) is 3.51. The number of alkyl halides is 1. The number of aromatic nitrogens is 1. The molecule has 1 aromatic heterocycles. The van der Waals surface area contributed by atoms with E-state index in [0.717, 1.165) is 4.88 Å². The van der Waals surface area contributed by atoms with Gasteiger partial charge in [-0.2, -0.15) is 0 Å². The zero-order chi connectivity index (χ0) is 8.10. The summed E-state index contributed by atoms with van der Waals surface area (Å²) in [4.78, 5) is 14.9. The maximum absolute atomic E-state index is 9.82. The highest BCUT2D eigenvalue weighted by Gasteiger charge is 2.08. The van der Waals surface area contributed by atoms with Gasteiger partial charge in [0, 0.05) is 11.1 Å². The number of ether oxygens (including phenoxy) is 1. The van der Waals surface area contributed by atoms with Crippen molar-refractivity contribution in [1.29, 1.82) is 0 Å². The van der Waals surface area contributed by atoms with Crippen molar-refractivity contribution in [3.63, 3.8) is 0 Å². The monoisotopic (exact) mass is 235 g/mol. The maximum Gasteiger partial charge on any atom is 0.293 e. The Balaban J connectivity index is 2.42. The zero-order valence-corrected chi connectivity index (χ0v) is 7.97. The molecule has 1 atom stereocenters. The second kappa shape index (κ2) is 4.46. The lowest BCUT2D eigenvalue weighted by atomic mass is 10.4. The van der Waals surface area contributed by atoms with Crippen LogP contribution in [0.25, 0.3) is 0 Å². The lowest BCUT2D eigenvalue weighted by molar-refractivity contribution is -0.128. The fraction of sp³-hybridized carbons (Fsp3) is 0.333. The van der Waals surface area contributed by atoms with Crippen LogP contribution < -0.4 is 0 Å². The Morgan fingerprint density at radius 3 is 3.27 bits per heavy atom. The van der Waals surface area contributed by atoms with Crippen molar-refractivity contribution in [2.24, 2.45) is 0 Å². The molecule has 0 saturated carbocycles. The minimum absolute atomic E-state index is 0.0696. The first-order chi connectivity index (χ1) is 5.34. The lowest BCUT2D eigenvalue weighted by Crippen LogP contribution is -1.98. The highest BCUT2D eigenvalue weighted by molar-refractivity contribution is 9.09. The van der Waals surface area contributed by atoms with Gasteiger partial charge in [-0.15, -0.1) is 11.3 Å². The van der Waals surface area contributed by atoms with Gasteiger partial charge in [0.25, 0.3) is 6.47 Å². The summed E-state index contributed by atoms with van der Waals surface area (Å²) in [5, 5.41) is 0. The van der Waals surface area contributed by atoms with E-state index in [1.165, 1.54) is 11.3 Å². The number of halogens is 1. The van der Waals surface area contributed by atoms with Gasteiger partial charge < -0.3 is 4.74 Å². The molecule has 0 bridgehead atoms. The highest BCUT2D eigenvalue weighted by Crippen LogP contribution is 2.25. The predicted molar refractivity (Wildman–Crippen MR) is 45.8 cm³/mol. The van der Waals surface area contributed by atoms with Gasteiger partial charge in [0.05, 0.1) is 10.3 Å². The molecule has 0 N–H and O–H groups in total. The van der Waals surface area contributed by atoms with Crippen LogP contribution in [-0.2, 0) is 9.53 Å². The number of hydrogen-bond acceptors (Lipinski definition) is 4. The smallest absolute Gasteiger partial charge is 0.293 e.